The van der Waals surface area contributed by atoms with Gasteiger partial charge < -0.3 is 10.1 Å². The van der Waals surface area contributed by atoms with Crippen LogP contribution in [-0.4, -0.2) is 25.7 Å². The second-order valence-corrected chi connectivity index (χ2v) is 5.25. The number of hydrogen-bond donors (Lipinski definition) is 1. The van der Waals surface area contributed by atoms with Gasteiger partial charge in [0, 0.05) is 13.2 Å². The zero-order valence-corrected chi connectivity index (χ0v) is 11.5. The van der Waals surface area contributed by atoms with E-state index in [0.29, 0.717) is 23.5 Å². The zero-order valence-electron chi connectivity index (χ0n) is 9.92. The molecule has 1 aromatic carbocycles. The van der Waals surface area contributed by atoms with Crippen LogP contribution in [0.25, 0.3) is 0 Å². The van der Waals surface area contributed by atoms with E-state index in [2.05, 4.69) is 21.2 Å². The molecule has 1 aliphatic rings. The lowest BCUT2D eigenvalue weighted by Crippen LogP contribution is -2.33. The second-order valence-electron chi connectivity index (χ2n) is 4.39. The van der Waals surface area contributed by atoms with E-state index >= 15 is 0 Å². The van der Waals surface area contributed by atoms with Gasteiger partial charge in [0.15, 0.2) is 0 Å². The first-order valence-electron chi connectivity index (χ1n) is 5.98. The highest BCUT2D eigenvalue weighted by atomic mass is 79.9. The smallest absolute Gasteiger partial charge is 0.254 e. The molecule has 98 valence electrons. The van der Waals surface area contributed by atoms with Crippen LogP contribution in [0.4, 0.5) is 4.39 Å². The van der Waals surface area contributed by atoms with Crippen LogP contribution in [0, 0.1) is 11.7 Å². The summed E-state index contributed by atoms with van der Waals surface area (Å²) in [4.78, 5) is 11.8. The highest BCUT2D eigenvalue weighted by Crippen LogP contribution is 2.18. The molecule has 0 saturated carbocycles. The summed E-state index contributed by atoms with van der Waals surface area (Å²) in [6, 6.07) is 4.69. The van der Waals surface area contributed by atoms with Crippen LogP contribution in [-0.2, 0) is 4.74 Å². The molecule has 1 aromatic rings. The third kappa shape index (κ3) is 3.29. The minimum absolute atomic E-state index is 0.0705. The molecule has 0 aromatic heterocycles. The maximum atomic E-state index is 13.7. The van der Waals surface area contributed by atoms with Crippen LogP contribution in [0.15, 0.2) is 22.7 Å². The minimum atomic E-state index is -0.519. The third-order valence-electron chi connectivity index (χ3n) is 3.00. The summed E-state index contributed by atoms with van der Waals surface area (Å²) >= 11 is 3.07. The molecular formula is C13H15BrFNO2. The summed E-state index contributed by atoms with van der Waals surface area (Å²) in [5.41, 5.74) is 0.0705. The maximum absolute atomic E-state index is 13.7. The summed E-state index contributed by atoms with van der Waals surface area (Å²) in [5, 5.41) is 2.76. The molecule has 5 heteroatoms. The number of amides is 1. The predicted molar refractivity (Wildman–Crippen MR) is 70.0 cm³/mol. The van der Waals surface area contributed by atoms with Gasteiger partial charge in [0.25, 0.3) is 5.91 Å². The quantitative estimate of drug-likeness (QED) is 0.931. The Bertz CT molecular complexity index is 433. The number of ether oxygens (including phenoxy) is 1. The first-order valence-corrected chi connectivity index (χ1v) is 6.77. The lowest BCUT2D eigenvalue weighted by Gasteiger charge is -2.22. The van der Waals surface area contributed by atoms with Crippen molar-refractivity contribution in [3.63, 3.8) is 0 Å². The van der Waals surface area contributed by atoms with Gasteiger partial charge in [0.1, 0.15) is 5.82 Å². The topological polar surface area (TPSA) is 38.3 Å². The Labute approximate surface area is 114 Å². The van der Waals surface area contributed by atoms with Crippen LogP contribution in [0.5, 0.6) is 0 Å². The molecule has 18 heavy (non-hydrogen) atoms. The van der Waals surface area contributed by atoms with Crippen molar-refractivity contribution in [2.45, 2.75) is 12.8 Å². The normalized spacial score (nSPS) is 19.6. The number of carbonyl (C=O) groups excluding carboxylic acids is 1. The van der Waals surface area contributed by atoms with Crippen molar-refractivity contribution in [1.29, 1.82) is 0 Å². The average molecular weight is 316 g/mol. The molecule has 1 saturated heterocycles. The third-order valence-corrected chi connectivity index (χ3v) is 3.61. The Balaban J connectivity index is 1.93. The second kappa shape index (κ2) is 6.29. The molecule has 3 nitrogen and oxygen atoms in total. The molecule has 1 aliphatic heterocycles. The molecule has 0 aliphatic carbocycles. The van der Waals surface area contributed by atoms with Gasteiger partial charge in [-0.3, -0.25) is 4.79 Å². The van der Waals surface area contributed by atoms with E-state index in [0.717, 1.165) is 19.4 Å². The predicted octanol–water partition coefficient (Wildman–Crippen LogP) is 2.74. The molecule has 1 fully saturated rings. The van der Waals surface area contributed by atoms with Gasteiger partial charge in [0.05, 0.1) is 16.6 Å². The fourth-order valence-corrected chi connectivity index (χ4v) is 2.35. The summed E-state index contributed by atoms with van der Waals surface area (Å²) in [6.45, 7) is 2.00. The summed E-state index contributed by atoms with van der Waals surface area (Å²) in [6.07, 6.45) is 2.06. The minimum Gasteiger partial charge on any atom is -0.381 e. The largest absolute Gasteiger partial charge is 0.381 e. The van der Waals surface area contributed by atoms with E-state index in [1.165, 1.54) is 6.07 Å². The molecule has 1 N–H and O–H groups in total. The molecule has 0 spiro atoms. The first-order chi connectivity index (χ1) is 8.68. The molecule has 2 rings (SSSR count). The number of carbonyl (C=O) groups is 1. The number of hydrogen-bond acceptors (Lipinski definition) is 2. The van der Waals surface area contributed by atoms with Gasteiger partial charge >= 0.3 is 0 Å². The Morgan fingerprint density at radius 3 is 3.11 bits per heavy atom. The molecule has 1 amide bonds. The van der Waals surface area contributed by atoms with Gasteiger partial charge in [-0.2, -0.15) is 0 Å². The summed E-state index contributed by atoms with van der Waals surface area (Å²) in [5.74, 6) is -0.563. The van der Waals surface area contributed by atoms with Crippen molar-refractivity contribution < 1.29 is 13.9 Å². The molecular weight excluding hydrogens is 301 g/mol. The number of rotatable bonds is 3. The Morgan fingerprint density at radius 1 is 1.56 bits per heavy atom. The lowest BCUT2D eigenvalue weighted by molar-refractivity contribution is 0.0536. The summed E-state index contributed by atoms with van der Waals surface area (Å²) in [7, 11) is 0. The summed E-state index contributed by atoms with van der Waals surface area (Å²) < 4.78 is 19.3. The van der Waals surface area contributed by atoms with Gasteiger partial charge in [-0.25, -0.2) is 4.39 Å². The van der Waals surface area contributed by atoms with Crippen LogP contribution in [0.2, 0.25) is 0 Å². The van der Waals surface area contributed by atoms with Crippen LogP contribution in [0.1, 0.15) is 23.2 Å². The van der Waals surface area contributed by atoms with Gasteiger partial charge in [0.2, 0.25) is 0 Å². The first kappa shape index (κ1) is 13.5. The van der Waals surface area contributed by atoms with Crippen LogP contribution in [0.3, 0.4) is 0 Å². The van der Waals surface area contributed by atoms with Crippen LogP contribution >= 0.6 is 15.9 Å². The Hall–Kier alpha value is -0.940. The SMILES string of the molecule is O=C(NCC1CCCOC1)c1cccc(Br)c1F. The molecule has 0 radical (unpaired) electrons. The van der Waals surface area contributed by atoms with Crippen molar-refractivity contribution in [3.8, 4) is 0 Å². The van der Waals surface area contributed by atoms with Gasteiger partial charge in [-0.1, -0.05) is 6.07 Å². The van der Waals surface area contributed by atoms with E-state index < -0.39 is 5.82 Å². The number of nitrogens with one attached hydrogen (secondary N) is 1. The Kier molecular flexibility index (Phi) is 4.72. The number of benzene rings is 1. The monoisotopic (exact) mass is 315 g/mol. The molecule has 1 unspecified atom stereocenters. The number of halogens is 2. The highest BCUT2D eigenvalue weighted by Gasteiger charge is 2.17. The molecule has 1 atom stereocenters. The van der Waals surface area contributed by atoms with Crippen molar-refractivity contribution in [1.82, 2.24) is 5.32 Å². The molecule has 1 heterocycles. The van der Waals surface area contributed by atoms with E-state index in [9.17, 15) is 9.18 Å². The highest BCUT2D eigenvalue weighted by molar-refractivity contribution is 9.10. The average Bonchev–Trinajstić information content (AvgIpc) is 2.40. The van der Waals surface area contributed by atoms with Gasteiger partial charge in [-0.05, 0) is 46.8 Å². The van der Waals surface area contributed by atoms with Crippen molar-refractivity contribution in [3.05, 3.63) is 34.1 Å². The Morgan fingerprint density at radius 2 is 2.39 bits per heavy atom. The lowest BCUT2D eigenvalue weighted by atomic mass is 10.0. The van der Waals surface area contributed by atoms with Gasteiger partial charge in [-0.15, -0.1) is 0 Å². The van der Waals surface area contributed by atoms with E-state index in [1.54, 1.807) is 12.1 Å². The van der Waals surface area contributed by atoms with Crippen molar-refractivity contribution >= 4 is 21.8 Å². The maximum Gasteiger partial charge on any atom is 0.254 e. The standard InChI is InChI=1S/C13H15BrFNO2/c14-11-5-1-4-10(12(11)15)13(17)16-7-9-3-2-6-18-8-9/h1,4-5,9H,2-3,6-8H2,(H,16,17). The van der Waals surface area contributed by atoms with E-state index in [1.807, 2.05) is 0 Å². The molecule has 0 bridgehead atoms. The van der Waals surface area contributed by atoms with Crippen molar-refractivity contribution in [2.24, 2.45) is 5.92 Å². The van der Waals surface area contributed by atoms with E-state index in [4.69, 9.17) is 4.74 Å². The fraction of sp³-hybridized carbons (Fsp3) is 0.462. The zero-order chi connectivity index (χ0) is 13.0. The van der Waals surface area contributed by atoms with Crippen molar-refractivity contribution in [2.75, 3.05) is 19.8 Å². The van der Waals surface area contributed by atoms with Crippen LogP contribution < -0.4 is 5.32 Å². The van der Waals surface area contributed by atoms with E-state index in [-0.39, 0.29) is 11.5 Å². The fourth-order valence-electron chi connectivity index (χ4n) is 1.98.